The number of aromatic amines is 1. The number of anilines is 1. The first kappa shape index (κ1) is 23.0. The summed E-state index contributed by atoms with van der Waals surface area (Å²) in [6.07, 6.45) is 0. The van der Waals surface area contributed by atoms with Gasteiger partial charge in [0.15, 0.2) is 0 Å². The largest absolute Gasteiger partial charge is 0.492 e. The summed E-state index contributed by atoms with van der Waals surface area (Å²) in [5, 5.41) is 9.79. The lowest BCUT2D eigenvalue weighted by Gasteiger charge is -2.26. The van der Waals surface area contributed by atoms with Crippen LogP contribution in [-0.2, 0) is 11.3 Å². The smallest absolute Gasteiger partial charge is 0.120 e. The number of hydrogen-bond acceptors (Lipinski definition) is 6. The normalized spacial score (nSPS) is 14.2. The number of nitrogens with zero attached hydrogens (tertiary/aromatic N) is 1. The molecule has 0 bridgehead atoms. The predicted octanol–water partition coefficient (Wildman–Crippen LogP) is 4.46. The molecule has 1 aromatic heterocycles. The van der Waals surface area contributed by atoms with E-state index in [1.54, 1.807) is 6.07 Å². The third-order valence-corrected chi connectivity index (χ3v) is 6.18. The number of benzene rings is 3. The fourth-order valence-corrected chi connectivity index (χ4v) is 4.18. The standard InChI is InChI=1S/C28H30N4O3/c29-25-8-6-23(35-19-20-4-2-1-3-5-20)18-24(25)28(30)27-17-21-16-22(7-9-26(21)31-27)34-15-12-32-10-13-33-14-11-32/h1-9,16-18,30-31H,10-15,19,29H2. The summed E-state index contributed by atoms with van der Waals surface area (Å²) in [6, 6.07) is 23.3. The highest BCUT2D eigenvalue weighted by Gasteiger charge is 2.14. The third kappa shape index (κ3) is 5.65. The van der Waals surface area contributed by atoms with Crippen LogP contribution in [0.2, 0.25) is 0 Å². The number of aromatic nitrogens is 1. The van der Waals surface area contributed by atoms with Gasteiger partial charge in [-0.3, -0.25) is 10.3 Å². The monoisotopic (exact) mass is 470 g/mol. The van der Waals surface area contributed by atoms with Gasteiger partial charge in [0, 0.05) is 41.8 Å². The molecule has 0 amide bonds. The number of nitrogens with two attached hydrogens (primary N) is 1. The van der Waals surface area contributed by atoms with Gasteiger partial charge in [-0.15, -0.1) is 0 Å². The molecule has 4 aromatic rings. The van der Waals surface area contributed by atoms with Crippen LogP contribution in [0.3, 0.4) is 0 Å². The van der Waals surface area contributed by atoms with E-state index in [-0.39, 0.29) is 0 Å². The number of nitrogen functional groups attached to an aromatic ring is 1. The Labute approximate surface area is 204 Å². The van der Waals surface area contributed by atoms with E-state index >= 15 is 0 Å². The van der Waals surface area contributed by atoms with E-state index < -0.39 is 0 Å². The minimum absolute atomic E-state index is 0.318. The summed E-state index contributed by atoms with van der Waals surface area (Å²) in [4.78, 5) is 5.68. The van der Waals surface area contributed by atoms with Crippen molar-refractivity contribution in [3.63, 3.8) is 0 Å². The van der Waals surface area contributed by atoms with Crippen LogP contribution in [0.25, 0.3) is 10.9 Å². The molecule has 2 heterocycles. The van der Waals surface area contributed by atoms with Crippen LogP contribution in [-0.4, -0.2) is 55.1 Å². The van der Waals surface area contributed by atoms with E-state index in [2.05, 4.69) is 9.88 Å². The van der Waals surface area contributed by atoms with E-state index in [1.807, 2.05) is 66.7 Å². The summed E-state index contributed by atoms with van der Waals surface area (Å²) in [5.74, 6) is 1.49. The fourth-order valence-electron chi connectivity index (χ4n) is 4.18. The molecule has 7 heteroatoms. The molecule has 0 radical (unpaired) electrons. The van der Waals surface area contributed by atoms with Crippen molar-refractivity contribution in [1.82, 2.24) is 9.88 Å². The van der Waals surface area contributed by atoms with Gasteiger partial charge in [-0.25, -0.2) is 0 Å². The molecule has 0 aliphatic carbocycles. The molecule has 0 unspecified atom stereocenters. The Kier molecular flexibility index (Phi) is 6.97. The van der Waals surface area contributed by atoms with Gasteiger partial charge in [0.25, 0.3) is 0 Å². The van der Waals surface area contributed by atoms with Crippen LogP contribution in [0, 0.1) is 5.41 Å². The van der Waals surface area contributed by atoms with Gasteiger partial charge in [-0.05, 0) is 48.0 Å². The minimum atomic E-state index is 0.318. The SMILES string of the molecule is N=C(c1cc2cc(OCCN3CCOCC3)ccc2[nH]1)c1cc(OCc2ccccc2)ccc1N. The zero-order valence-electron chi connectivity index (χ0n) is 19.6. The first-order chi connectivity index (χ1) is 17.2. The number of hydrogen-bond donors (Lipinski definition) is 3. The second kappa shape index (κ2) is 10.6. The molecular formula is C28H30N4O3. The number of nitrogens with one attached hydrogen (secondary N) is 2. The second-order valence-corrected chi connectivity index (χ2v) is 8.63. The maximum Gasteiger partial charge on any atom is 0.120 e. The molecule has 1 fully saturated rings. The van der Waals surface area contributed by atoms with Gasteiger partial charge in [0.1, 0.15) is 24.7 Å². The Morgan fingerprint density at radius 2 is 1.71 bits per heavy atom. The fraction of sp³-hybridized carbons (Fsp3) is 0.250. The number of morpholine rings is 1. The maximum atomic E-state index is 8.80. The molecule has 1 aliphatic heterocycles. The summed E-state index contributed by atoms with van der Waals surface area (Å²) in [6.45, 7) is 5.45. The van der Waals surface area contributed by atoms with Crippen molar-refractivity contribution in [2.24, 2.45) is 0 Å². The predicted molar refractivity (Wildman–Crippen MR) is 139 cm³/mol. The van der Waals surface area contributed by atoms with Crippen molar-refractivity contribution in [3.05, 3.63) is 89.6 Å². The van der Waals surface area contributed by atoms with E-state index in [1.165, 1.54) is 0 Å². The molecule has 0 saturated carbocycles. The number of rotatable bonds is 9. The second-order valence-electron chi connectivity index (χ2n) is 8.63. The lowest BCUT2D eigenvalue weighted by atomic mass is 10.0. The lowest BCUT2D eigenvalue weighted by molar-refractivity contribution is 0.0322. The Morgan fingerprint density at radius 3 is 2.54 bits per heavy atom. The molecule has 0 spiro atoms. The van der Waals surface area contributed by atoms with Gasteiger partial charge < -0.3 is 24.9 Å². The zero-order chi connectivity index (χ0) is 24.0. The number of fused-ring (bicyclic) bond motifs is 1. The van der Waals surface area contributed by atoms with Crippen molar-refractivity contribution >= 4 is 22.3 Å². The van der Waals surface area contributed by atoms with Crippen molar-refractivity contribution in [1.29, 1.82) is 5.41 Å². The molecule has 3 aromatic carbocycles. The Balaban J connectivity index is 1.26. The van der Waals surface area contributed by atoms with E-state index in [9.17, 15) is 0 Å². The Hall–Kier alpha value is -3.81. The van der Waals surface area contributed by atoms with Gasteiger partial charge in [0.2, 0.25) is 0 Å². The van der Waals surface area contributed by atoms with Gasteiger partial charge in [-0.1, -0.05) is 30.3 Å². The molecule has 5 rings (SSSR count). The molecule has 0 atom stereocenters. The summed E-state index contributed by atoms with van der Waals surface area (Å²) >= 11 is 0. The van der Waals surface area contributed by atoms with Crippen LogP contribution in [0.15, 0.2) is 72.8 Å². The van der Waals surface area contributed by atoms with Crippen LogP contribution in [0.1, 0.15) is 16.8 Å². The first-order valence-electron chi connectivity index (χ1n) is 11.9. The minimum Gasteiger partial charge on any atom is -0.492 e. The molecular weight excluding hydrogens is 440 g/mol. The zero-order valence-corrected chi connectivity index (χ0v) is 19.6. The average molecular weight is 471 g/mol. The highest BCUT2D eigenvalue weighted by molar-refractivity contribution is 6.14. The van der Waals surface area contributed by atoms with E-state index in [4.69, 9.17) is 25.4 Å². The molecule has 4 N–H and O–H groups in total. The average Bonchev–Trinajstić information content (AvgIpc) is 3.33. The van der Waals surface area contributed by atoms with E-state index in [0.717, 1.165) is 55.1 Å². The van der Waals surface area contributed by atoms with Gasteiger partial charge >= 0.3 is 0 Å². The van der Waals surface area contributed by atoms with E-state index in [0.29, 0.717) is 41.6 Å². The molecule has 180 valence electrons. The topological polar surface area (TPSA) is 96.6 Å². The molecule has 35 heavy (non-hydrogen) atoms. The first-order valence-corrected chi connectivity index (χ1v) is 11.9. The number of ether oxygens (including phenoxy) is 3. The molecule has 7 nitrogen and oxygen atoms in total. The van der Waals surface area contributed by atoms with Crippen LogP contribution in [0.4, 0.5) is 5.69 Å². The highest BCUT2D eigenvalue weighted by atomic mass is 16.5. The summed E-state index contributed by atoms with van der Waals surface area (Å²) in [7, 11) is 0. The van der Waals surface area contributed by atoms with Crippen molar-refractivity contribution in [2.75, 3.05) is 45.2 Å². The van der Waals surface area contributed by atoms with Crippen LogP contribution >= 0.6 is 0 Å². The van der Waals surface area contributed by atoms with Crippen molar-refractivity contribution in [2.45, 2.75) is 6.61 Å². The Bertz CT molecular complexity index is 1300. The third-order valence-electron chi connectivity index (χ3n) is 6.18. The number of H-pyrrole nitrogens is 1. The lowest BCUT2D eigenvalue weighted by Crippen LogP contribution is -2.38. The summed E-state index contributed by atoms with van der Waals surface area (Å²) < 4.78 is 17.3. The summed E-state index contributed by atoms with van der Waals surface area (Å²) in [5.41, 5.74) is 10.4. The maximum absolute atomic E-state index is 8.80. The van der Waals surface area contributed by atoms with Crippen LogP contribution < -0.4 is 15.2 Å². The molecule has 1 saturated heterocycles. The van der Waals surface area contributed by atoms with Gasteiger partial charge in [0.05, 0.1) is 24.6 Å². The Morgan fingerprint density at radius 1 is 0.943 bits per heavy atom. The quantitative estimate of drug-likeness (QED) is 0.248. The van der Waals surface area contributed by atoms with Gasteiger partial charge in [-0.2, -0.15) is 0 Å². The van der Waals surface area contributed by atoms with Crippen molar-refractivity contribution < 1.29 is 14.2 Å². The van der Waals surface area contributed by atoms with Crippen LogP contribution in [0.5, 0.6) is 11.5 Å². The molecule has 1 aliphatic rings. The van der Waals surface area contributed by atoms with Crippen molar-refractivity contribution in [3.8, 4) is 11.5 Å². The highest BCUT2D eigenvalue weighted by Crippen LogP contribution is 2.26.